The van der Waals surface area contributed by atoms with Crippen molar-refractivity contribution in [1.82, 2.24) is 4.57 Å². The smallest absolute Gasteiger partial charge is 0.318 e. The van der Waals surface area contributed by atoms with Crippen molar-refractivity contribution in [2.24, 2.45) is 10.6 Å². The van der Waals surface area contributed by atoms with Gasteiger partial charge in [0.25, 0.3) is 0 Å². The molecule has 0 bridgehead atoms. The number of oxime groups is 1. The van der Waals surface area contributed by atoms with E-state index < -0.39 is 5.97 Å². The number of aryl methyl sites for hydroxylation is 2. The summed E-state index contributed by atoms with van der Waals surface area (Å²) in [7, 11) is 0. The van der Waals surface area contributed by atoms with Crippen LogP contribution in [0.3, 0.4) is 0 Å². The van der Waals surface area contributed by atoms with Crippen LogP contribution in [0.1, 0.15) is 53.1 Å². The molecule has 0 radical (unpaired) electrons. The van der Waals surface area contributed by atoms with Gasteiger partial charge in [-0.05, 0) is 74.6 Å². The fourth-order valence-electron chi connectivity index (χ4n) is 4.05. The van der Waals surface area contributed by atoms with Crippen molar-refractivity contribution in [2.75, 3.05) is 0 Å². The summed E-state index contributed by atoms with van der Waals surface area (Å²) in [5.74, 6) is -0.434. The normalized spacial score (nSPS) is 16.4. The lowest BCUT2D eigenvalue weighted by atomic mass is 9.76. The Hall–Kier alpha value is -2.66. The van der Waals surface area contributed by atoms with Gasteiger partial charge in [0.05, 0.1) is 11.3 Å². The molecule has 0 unspecified atom stereocenters. The number of rotatable bonds is 3. The zero-order valence-corrected chi connectivity index (χ0v) is 19.3. The third-order valence-corrected chi connectivity index (χ3v) is 6.03. The third kappa shape index (κ3) is 4.12. The first kappa shape index (κ1) is 20.6. The van der Waals surface area contributed by atoms with Crippen LogP contribution in [0.25, 0.3) is 5.69 Å². The first-order chi connectivity index (χ1) is 14.2. The van der Waals surface area contributed by atoms with E-state index in [1.165, 1.54) is 5.69 Å². The van der Waals surface area contributed by atoms with E-state index in [-0.39, 0.29) is 5.41 Å². The molecular formula is C25H25BrN2O2. The number of carbonyl (C=O) groups is 1. The summed E-state index contributed by atoms with van der Waals surface area (Å²) < 4.78 is 3.33. The second kappa shape index (κ2) is 7.88. The topological polar surface area (TPSA) is 43.6 Å². The van der Waals surface area contributed by atoms with Gasteiger partial charge in [-0.1, -0.05) is 52.6 Å². The summed E-state index contributed by atoms with van der Waals surface area (Å²) in [5, 5.41) is 4.33. The molecule has 0 saturated heterocycles. The maximum Gasteiger partial charge on any atom is 0.365 e. The highest BCUT2D eigenvalue weighted by atomic mass is 79.9. The van der Waals surface area contributed by atoms with Crippen molar-refractivity contribution in [3.05, 3.63) is 87.1 Å². The van der Waals surface area contributed by atoms with Crippen LogP contribution < -0.4 is 0 Å². The summed E-state index contributed by atoms with van der Waals surface area (Å²) >= 11 is 3.51. The van der Waals surface area contributed by atoms with Crippen molar-refractivity contribution in [3.8, 4) is 5.69 Å². The number of hydrogen-bond donors (Lipinski definition) is 0. The van der Waals surface area contributed by atoms with Crippen LogP contribution in [0.2, 0.25) is 0 Å². The number of nitrogens with zero attached hydrogens (tertiary/aromatic N) is 2. The summed E-state index contributed by atoms with van der Waals surface area (Å²) in [6.07, 6.45) is 1.68. The predicted octanol–water partition coefficient (Wildman–Crippen LogP) is 6.39. The molecule has 0 atom stereocenters. The molecule has 0 aliphatic heterocycles. The highest BCUT2D eigenvalue weighted by Gasteiger charge is 2.33. The zero-order chi connectivity index (χ0) is 21.5. The number of benzene rings is 2. The second-order valence-electron chi connectivity index (χ2n) is 8.76. The molecule has 0 saturated carbocycles. The van der Waals surface area contributed by atoms with E-state index in [4.69, 9.17) is 4.84 Å². The van der Waals surface area contributed by atoms with Gasteiger partial charge < -0.3 is 9.40 Å². The summed E-state index contributed by atoms with van der Waals surface area (Å²) in [6, 6.07) is 17.8. The molecule has 2 aromatic carbocycles. The standard InChI is InChI=1S/C25H25BrN2O2/c1-16-5-7-18(8-6-16)24(29)30-27-22-14-25(3,4)15-23-21(22)13-17(2)28(23)20-11-9-19(26)10-12-20/h5-13H,14-15H2,1-4H3/b27-22+. The number of fused-ring (bicyclic) bond motifs is 1. The SMILES string of the molecule is Cc1ccc(C(=O)O/N=C2\CC(C)(C)Cc3c2cc(C)n3-c2ccc(Br)cc2)cc1. The molecule has 5 heteroatoms. The first-order valence-electron chi connectivity index (χ1n) is 10.1. The van der Waals surface area contributed by atoms with Gasteiger partial charge in [0, 0.05) is 27.1 Å². The zero-order valence-electron chi connectivity index (χ0n) is 17.7. The molecule has 154 valence electrons. The van der Waals surface area contributed by atoms with Crippen molar-refractivity contribution in [3.63, 3.8) is 0 Å². The molecule has 0 N–H and O–H groups in total. The first-order valence-corrected chi connectivity index (χ1v) is 10.9. The van der Waals surface area contributed by atoms with Crippen LogP contribution >= 0.6 is 15.9 Å². The van der Waals surface area contributed by atoms with E-state index in [1.54, 1.807) is 12.1 Å². The minimum Gasteiger partial charge on any atom is -0.318 e. The summed E-state index contributed by atoms with van der Waals surface area (Å²) in [5.41, 5.74) is 6.96. The van der Waals surface area contributed by atoms with Crippen molar-refractivity contribution < 1.29 is 9.63 Å². The molecule has 0 fully saturated rings. The van der Waals surface area contributed by atoms with E-state index in [1.807, 2.05) is 31.2 Å². The average Bonchev–Trinajstić information content (AvgIpc) is 3.02. The minimum absolute atomic E-state index is 0.0139. The van der Waals surface area contributed by atoms with E-state index >= 15 is 0 Å². The Labute approximate surface area is 185 Å². The lowest BCUT2D eigenvalue weighted by molar-refractivity contribution is 0.0514. The molecule has 0 amide bonds. The maximum atomic E-state index is 12.5. The number of aromatic nitrogens is 1. The molecule has 3 aromatic rings. The van der Waals surface area contributed by atoms with Gasteiger partial charge in [0.1, 0.15) is 0 Å². The highest BCUT2D eigenvalue weighted by Crippen LogP contribution is 2.38. The molecule has 1 aliphatic rings. The average molecular weight is 465 g/mol. The van der Waals surface area contributed by atoms with Gasteiger partial charge in [-0.3, -0.25) is 0 Å². The molecule has 30 heavy (non-hydrogen) atoms. The molecular weight excluding hydrogens is 440 g/mol. The van der Waals surface area contributed by atoms with Gasteiger partial charge >= 0.3 is 5.97 Å². The highest BCUT2D eigenvalue weighted by molar-refractivity contribution is 9.10. The lowest BCUT2D eigenvalue weighted by Crippen LogP contribution is -2.28. The van der Waals surface area contributed by atoms with Gasteiger partial charge in [0.2, 0.25) is 0 Å². The van der Waals surface area contributed by atoms with Crippen LogP contribution in [-0.2, 0) is 11.3 Å². The van der Waals surface area contributed by atoms with Gasteiger partial charge in [-0.25, -0.2) is 4.79 Å². The Morgan fingerprint density at radius 3 is 2.37 bits per heavy atom. The quantitative estimate of drug-likeness (QED) is 0.332. The molecule has 1 aliphatic carbocycles. The van der Waals surface area contributed by atoms with Gasteiger partial charge in [-0.15, -0.1) is 0 Å². The van der Waals surface area contributed by atoms with Crippen molar-refractivity contribution in [2.45, 2.75) is 40.5 Å². The Balaban J connectivity index is 1.70. The molecule has 1 heterocycles. The summed E-state index contributed by atoms with van der Waals surface area (Å²) in [6.45, 7) is 8.53. The molecule has 4 nitrogen and oxygen atoms in total. The van der Waals surface area contributed by atoms with Crippen LogP contribution in [0, 0.1) is 19.3 Å². The minimum atomic E-state index is -0.434. The third-order valence-electron chi connectivity index (χ3n) is 5.50. The number of carbonyl (C=O) groups excluding carboxylic acids is 1. The Morgan fingerprint density at radius 1 is 1.03 bits per heavy atom. The van der Waals surface area contributed by atoms with Crippen LogP contribution in [0.15, 0.2) is 64.2 Å². The summed E-state index contributed by atoms with van der Waals surface area (Å²) in [4.78, 5) is 17.8. The molecule has 0 spiro atoms. The van der Waals surface area contributed by atoms with E-state index in [0.717, 1.165) is 45.5 Å². The number of halogens is 1. The fourth-order valence-corrected chi connectivity index (χ4v) is 4.31. The van der Waals surface area contributed by atoms with E-state index in [0.29, 0.717) is 5.56 Å². The van der Waals surface area contributed by atoms with Crippen molar-refractivity contribution in [1.29, 1.82) is 0 Å². The second-order valence-corrected chi connectivity index (χ2v) is 9.67. The van der Waals surface area contributed by atoms with Crippen molar-refractivity contribution >= 4 is 27.6 Å². The Morgan fingerprint density at radius 2 is 1.70 bits per heavy atom. The Bertz CT molecular complexity index is 1120. The van der Waals surface area contributed by atoms with E-state index in [2.05, 4.69) is 64.6 Å². The van der Waals surface area contributed by atoms with E-state index in [9.17, 15) is 4.79 Å². The predicted molar refractivity (Wildman–Crippen MR) is 123 cm³/mol. The molecule has 1 aromatic heterocycles. The van der Waals surface area contributed by atoms with Gasteiger partial charge in [0.15, 0.2) is 0 Å². The monoisotopic (exact) mass is 464 g/mol. The van der Waals surface area contributed by atoms with Gasteiger partial charge in [-0.2, -0.15) is 0 Å². The number of hydrogen-bond acceptors (Lipinski definition) is 3. The Kier molecular flexibility index (Phi) is 5.41. The largest absolute Gasteiger partial charge is 0.365 e. The fraction of sp³-hybridized carbons (Fsp3) is 0.280. The lowest BCUT2D eigenvalue weighted by Gasteiger charge is -2.31. The molecule has 4 rings (SSSR count). The maximum absolute atomic E-state index is 12.5. The van der Waals surface area contributed by atoms with Crippen LogP contribution in [0.4, 0.5) is 0 Å². The van der Waals surface area contributed by atoms with Crippen LogP contribution in [0.5, 0.6) is 0 Å². The van der Waals surface area contributed by atoms with Crippen LogP contribution in [-0.4, -0.2) is 16.2 Å².